The van der Waals surface area contributed by atoms with Crippen molar-refractivity contribution < 1.29 is 14.6 Å². The summed E-state index contributed by atoms with van der Waals surface area (Å²) in [6, 6.07) is 11.9. The molecule has 6 heteroatoms. The molecular weight excluding hydrogens is 383 g/mol. The van der Waals surface area contributed by atoms with Crippen LogP contribution in [0.5, 0.6) is 11.5 Å². The highest BCUT2D eigenvalue weighted by molar-refractivity contribution is 14.1. The molecule has 0 aliphatic rings. The van der Waals surface area contributed by atoms with E-state index in [9.17, 15) is 9.90 Å². The van der Waals surface area contributed by atoms with Crippen molar-refractivity contribution in [3.63, 3.8) is 0 Å². The summed E-state index contributed by atoms with van der Waals surface area (Å²) in [7, 11) is 1.55. The molecule has 0 heterocycles. The van der Waals surface area contributed by atoms with Crippen molar-refractivity contribution >= 4 is 34.7 Å². The Morgan fingerprint density at radius 2 is 2.10 bits per heavy atom. The Balaban J connectivity index is 2.07. The number of benzene rings is 2. The highest BCUT2D eigenvalue weighted by atomic mass is 127. The van der Waals surface area contributed by atoms with Crippen LogP contribution in [0.4, 0.5) is 0 Å². The number of ether oxygens (including phenoxy) is 1. The standard InChI is InChI=1S/C15H13IN2O3/c1-21-14-8-10(6-7-12(14)16)15(20)18-17-9-11-4-2-3-5-13(11)19/h2-9,19H,1H3,(H,18,20)/b17-9-. The summed E-state index contributed by atoms with van der Waals surface area (Å²) in [6.45, 7) is 0. The fraction of sp³-hybridized carbons (Fsp3) is 0.0667. The number of carbonyl (C=O) groups excluding carboxylic acids is 1. The first-order valence-corrected chi connectivity index (χ1v) is 7.14. The third-order valence-corrected chi connectivity index (χ3v) is 3.61. The molecule has 0 saturated heterocycles. The Hall–Kier alpha value is -2.09. The van der Waals surface area contributed by atoms with Crippen molar-refractivity contribution in [2.24, 2.45) is 5.10 Å². The highest BCUT2D eigenvalue weighted by Gasteiger charge is 2.08. The van der Waals surface area contributed by atoms with Crippen LogP contribution in [-0.4, -0.2) is 24.3 Å². The van der Waals surface area contributed by atoms with Crippen LogP contribution in [0.15, 0.2) is 47.6 Å². The quantitative estimate of drug-likeness (QED) is 0.475. The lowest BCUT2D eigenvalue weighted by molar-refractivity contribution is 0.0954. The minimum Gasteiger partial charge on any atom is -0.507 e. The van der Waals surface area contributed by atoms with Crippen LogP contribution in [0, 0.1) is 3.57 Å². The molecule has 0 fully saturated rings. The fourth-order valence-corrected chi connectivity index (χ4v) is 2.18. The van der Waals surface area contributed by atoms with Gasteiger partial charge in [-0.1, -0.05) is 12.1 Å². The lowest BCUT2D eigenvalue weighted by Gasteiger charge is -2.05. The van der Waals surface area contributed by atoms with E-state index in [1.807, 2.05) is 0 Å². The molecule has 2 aromatic rings. The first-order chi connectivity index (χ1) is 10.1. The lowest BCUT2D eigenvalue weighted by Crippen LogP contribution is -2.17. The maximum atomic E-state index is 12.0. The number of para-hydroxylation sites is 1. The molecule has 21 heavy (non-hydrogen) atoms. The Bertz CT molecular complexity index is 686. The lowest BCUT2D eigenvalue weighted by atomic mass is 10.2. The molecule has 0 atom stereocenters. The number of hydrazone groups is 1. The molecule has 0 saturated carbocycles. The average molecular weight is 396 g/mol. The highest BCUT2D eigenvalue weighted by Crippen LogP contribution is 2.21. The van der Waals surface area contributed by atoms with Crippen LogP contribution in [0.2, 0.25) is 0 Å². The van der Waals surface area contributed by atoms with Crippen molar-refractivity contribution in [3.05, 3.63) is 57.2 Å². The molecule has 2 aromatic carbocycles. The van der Waals surface area contributed by atoms with Crippen molar-refractivity contribution in [1.82, 2.24) is 5.43 Å². The summed E-state index contributed by atoms with van der Waals surface area (Å²) in [6.07, 6.45) is 1.39. The average Bonchev–Trinajstić information content (AvgIpc) is 2.49. The van der Waals surface area contributed by atoms with Crippen molar-refractivity contribution in [2.45, 2.75) is 0 Å². The summed E-state index contributed by atoms with van der Waals surface area (Å²) in [4.78, 5) is 12.0. The van der Waals surface area contributed by atoms with Gasteiger partial charge in [-0.05, 0) is 52.9 Å². The number of nitrogens with one attached hydrogen (secondary N) is 1. The summed E-state index contributed by atoms with van der Waals surface area (Å²) < 4.78 is 6.09. The number of halogens is 1. The first-order valence-electron chi connectivity index (χ1n) is 6.06. The molecule has 1 amide bonds. The predicted octanol–water partition coefficient (Wildman–Crippen LogP) is 2.77. The molecule has 108 valence electrons. The van der Waals surface area contributed by atoms with Crippen molar-refractivity contribution in [2.75, 3.05) is 7.11 Å². The van der Waals surface area contributed by atoms with Gasteiger partial charge in [0.1, 0.15) is 11.5 Å². The van der Waals surface area contributed by atoms with Crippen LogP contribution >= 0.6 is 22.6 Å². The number of aromatic hydroxyl groups is 1. The number of amides is 1. The zero-order valence-corrected chi connectivity index (χ0v) is 13.4. The number of phenols is 1. The van der Waals surface area contributed by atoms with Crippen LogP contribution in [-0.2, 0) is 0 Å². The van der Waals surface area contributed by atoms with Gasteiger partial charge in [0.2, 0.25) is 0 Å². The zero-order valence-electron chi connectivity index (χ0n) is 11.2. The molecule has 0 aliphatic carbocycles. The normalized spacial score (nSPS) is 10.6. The number of methoxy groups -OCH3 is 1. The Morgan fingerprint density at radius 3 is 2.81 bits per heavy atom. The predicted molar refractivity (Wildman–Crippen MR) is 88.9 cm³/mol. The summed E-state index contributed by atoms with van der Waals surface area (Å²) >= 11 is 2.13. The number of hydrogen-bond donors (Lipinski definition) is 2. The third kappa shape index (κ3) is 3.94. The van der Waals surface area contributed by atoms with Gasteiger partial charge in [-0.3, -0.25) is 4.79 Å². The molecular formula is C15H13IN2O3. The topological polar surface area (TPSA) is 70.9 Å². The summed E-state index contributed by atoms with van der Waals surface area (Å²) in [5.74, 6) is 0.385. The van der Waals surface area contributed by atoms with Gasteiger partial charge in [0.05, 0.1) is 16.9 Å². The largest absolute Gasteiger partial charge is 0.507 e. The van der Waals surface area contributed by atoms with Gasteiger partial charge in [0.25, 0.3) is 5.91 Å². The van der Waals surface area contributed by atoms with Crippen LogP contribution in [0.1, 0.15) is 15.9 Å². The van der Waals surface area contributed by atoms with Crippen LogP contribution in [0.25, 0.3) is 0 Å². The minimum atomic E-state index is -0.351. The molecule has 2 N–H and O–H groups in total. The third-order valence-electron chi connectivity index (χ3n) is 2.72. The number of carbonyl (C=O) groups is 1. The molecule has 2 rings (SSSR count). The molecule has 0 radical (unpaired) electrons. The number of nitrogens with zero attached hydrogens (tertiary/aromatic N) is 1. The van der Waals surface area contributed by atoms with E-state index in [2.05, 4.69) is 33.1 Å². The van der Waals surface area contributed by atoms with E-state index >= 15 is 0 Å². The molecule has 5 nitrogen and oxygen atoms in total. The number of rotatable bonds is 4. The second kappa shape index (κ2) is 7.07. The second-order valence-electron chi connectivity index (χ2n) is 4.11. The molecule has 0 spiro atoms. The van der Waals surface area contributed by atoms with E-state index in [-0.39, 0.29) is 11.7 Å². The van der Waals surface area contributed by atoms with Gasteiger partial charge in [-0.25, -0.2) is 5.43 Å². The van der Waals surface area contributed by atoms with Gasteiger partial charge in [-0.2, -0.15) is 5.10 Å². The summed E-state index contributed by atoms with van der Waals surface area (Å²) in [5, 5.41) is 13.4. The fourth-order valence-electron chi connectivity index (χ4n) is 1.62. The molecule has 0 aliphatic heterocycles. The van der Waals surface area contributed by atoms with E-state index in [0.29, 0.717) is 16.9 Å². The SMILES string of the molecule is COc1cc(C(=O)N/N=C\c2ccccc2O)ccc1I. The Morgan fingerprint density at radius 1 is 1.33 bits per heavy atom. The van der Waals surface area contributed by atoms with Gasteiger partial charge < -0.3 is 9.84 Å². The first kappa shape index (κ1) is 15.3. The van der Waals surface area contributed by atoms with Gasteiger partial charge in [-0.15, -0.1) is 0 Å². The van der Waals surface area contributed by atoms with E-state index in [0.717, 1.165) is 3.57 Å². The van der Waals surface area contributed by atoms with Crippen LogP contribution < -0.4 is 10.2 Å². The maximum absolute atomic E-state index is 12.0. The smallest absolute Gasteiger partial charge is 0.271 e. The van der Waals surface area contributed by atoms with Gasteiger partial charge in [0, 0.05) is 11.1 Å². The monoisotopic (exact) mass is 396 g/mol. The van der Waals surface area contributed by atoms with Gasteiger partial charge in [0.15, 0.2) is 0 Å². The minimum absolute atomic E-state index is 0.103. The van der Waals surface area contributed by atoms with Gasteiger partial charge >= 0.3 is 0 Å². The molecule has 0 aromatic heterocycles. The zero-order chi connectivity index (χ0) is 15.2. The Kier molecular flexibility index (Phi) is 5.15. The molecule has 0 unspecified atom stereocenters. The van der Waals surface area contributed by atoms with E-state index in [4.69, 9.17) is 4.74 Å². The maximum Gasteiger partial charge on any atom is 0.271 e. The van der Waals surface area contributed by atoms with E-state index in [1.54, 1.807) is 49.6 Å². The van der Waals surface area contributed by atoms with Crippen LogP contribution in [0.3, 0.4) is 0 Å². The van der Waals surface area contributed by atoms with E-state index in [1.165, 1.54) is 6.21 Å². The summed E-state index contributed by atoms with van der Waals surface area (Å²) in [5.41, 5.74) is 3.38. The van der Waals surface area contributed by atoms with Crippen molar-refractivity contribution in [1.29, 1.82) is 0 Å². The Labute approximate surface area is 135 Å². The van der Waals surface area contributed by atoms with E-state index < -0.39 is 0 Å². The second-order valence-corrected chi connectivity index (χ2v) is 5.27. The number of hydrogen-bond acceptors (Lipinski definition) is 4. The molecule has 0 bridgehead atoms. The van der Waals surface area contributed by atoms with Crippen molar-refractivity contribution in [3.8, 4) is 11.5 Å². The number of phenolic OH excluding ortho intramolecular Hbond substituents is 1.